The number of likely N-dealkylation sites (tertiary alicyclic amines) is 2. The molecule has 4 heteroatoms. The fourth-order valence-electron chi connectivity index (χ4n) is 4.02. The van der Waals surface area contributed by atoms with Crippen molar-refractivity contribution in [3.63, 3.8) is 0 Å². The van der Waals surface area contributed by atoms with Crippen molar-refractivity contribution in [3.8, 4) is 0 Å². The SMILES string of the molecule is O=C(CNC1CCCC1)N1CCC(N2CCCCC2)C1. The molecule has 0 radical (unpaired) electrons. The molecule has 2 saturated heterocycles. The lowest BCUT2D eigenvalue weighted by Gasteiger charge is -2.32. The van der Waals surface area contributed by atoms with E-state index >= 15 is 0 Å². The van der Waals surface area contributed by atoms with Crippen LogP contribution in [0.15, 0.2) is 0 Å². The topological polar surface area (TPSA) is 35.6 Å². The molecule has 0 spiro atoms. The molecule has 3 aliphatic rings. The minimum atomic E-state index is 0.316. The summed E-state index contributed by atoms with van der Waals surface area (Å²) in [5, 5.41) is 3.45. The monoisotopic (exact) mass is 279 g/mol. The predicted molar refractivity (Wildman–Crippen MR) is 80.7 cm³/mol. The van der Waals surface area contributed by atoms with Gasteiger partial charge < -0.3 is 10.2 Å². The molecule has 1 aliphatic carbocycles. The van der Waals surface area contributed by atoms with Gasteiger partial charge in [-0.2, -0.15) is 0 Å². The van der Waals surface area contributed by atoms with E-state index in [4.69, 9.17) is 0 Å². The second-order valence-corrected chi connectivity index (χ2v) is 6.74. The first-order valence-electron chi connectivity index (χ1n) is 8.58. The van der Waals surface area contributed by atoms with Gasteiger partial charge in [0.25, 0.3) is 0 Å². The van der Waals surface area contributed by atoms with Gasteiger partial charge in [0.05, 0.1) is 6.54 Å². The van der Waals surface area contributed by atoms with Gasteiger partial charge in [-0.25, -0.2) is 0 Å². The first kappa shape index (κ1) is 14.3. The van der Waals surface area contributed by atoms with E-state index in [0.717, 1.165) is 13.1 Å². The van der Waals surface area contributed by atoms with Crippen molar-refractivity contribution in [1.82, 2.24) is 15.1 Å². The standard InChI is InChI=1S/C16H29N3O/c20-16(12-17-14-6-2-3-7-14)19-11-8-15(13-19)18-9-4-1-5-10-18/h14-15,17H,1-13H2. The van der Waals surface area contributed by atoms with Crippen LogP contribution in [0.5, 0.6) is 0 Å². The summed E-state index contributed by atoms with van der Waals surface area (Å²) in [6, 6.07) is 1.23. The third-order valence-corrected chi connectivity index (χ3v) is 5.32. The van der Waals surface area contributed by atoms with Crippen molar-refractivity contribution < 1.29 is 4.79 Å². The molecule has 0 aromatic rings. The van der Waals surface area contributed by atoms with Crippen molar-refractivity contribution >= 4 is 5.91 Å². The van der Waals surface area contributed by atoms with Gasteiger partial charge in [0.15, 0.2) is 0 Å². The smallest absolute Gasteiger partial charge is 0.236 e. The number of hydrogen-bond donors (Lipinski definition) is 1. The molecular weight excluding hydrogens is 250 g/mol. The Morgan fingerprint density at radius 1 is 0.950 bits per heavy atom. The Morgan fingerprint density at radius 3 is 2.45 bits per heavy atom. The zero-order valence-corrected chi connectivity index (χ0v) is 12.6. The average Bonchev–Trinajstić information content (AvgIpc) is 3.17. The lowest BCUT2D eigenvalue weighted by molar-refractivity contribution is -0.129. The molecule has 20 heavy (non-hydrogen) atoms. The summed E-state index contributed by atoms with van der Waals surface area (Å²) in [6.07, 6.45) is 10.4. The summed E-state index contributed by atoms with van der Waals surface area (Å²) < 4.78 is 0. The summed E-state index contributed by atoms with van der Waals surface area (Å²) >= 11 is 0. The Bertz CT molecular complexity index is 322. The minimum absolute atomic E-state index is 0.316. The molecule has 1 N–H and O–H groups in total. The summed E-state index contributed by atoms with van der Waals surface area (Å²) in [4.78, 5) is 17.0. The molecule has 2 heterocycles. The number of carbonyl (C=O) groups is 1. The number of carbonyl (C=O) groups excluding carboxylic acids is 1. The van der Waals surface area contributed by atoms with Crippen LogP contribution in [0.4, 0.5) is 0 Å². The number of nitrogens with zero attached hydrogens (tertiary/aromatic N) is 2. The number of nitrogens with one attached hydrogen (secondary N) is 1. The molecule has 1 amide bonds. The van der Waals surface area contributed by atoms with E-state index in [9.17, 15) is 4.79 Å². The van der Waals surface area contributed by atoms with Crippen molar-refractivity contribution in [3.05, 3.63) is 0 Å². The molecule has 2 aliphatic heterocycles. The first-order chi connectivity index (χ1) is 9.83. The van der Waals surface area contributed by atoms with Gasteiger partial charge in [0, 0.05) is 25.2 Å². The van der Waals surface area contributed by atoms with Gasteiger partial charge in [-0.3, -0.25) is 9.69 Å². The van der Waals surface area contributed by atoms with Crippen LogP contribution in [-0.4, -0.2) is 60.5 Å². The third-order valence-electron chi connectivity index (χ3n) is 5.32. The molecule has 0 aromatic carbocycles. The van der Waals surface area contributed by atoms with Crippen LogP contribution < -0.4 is 5.32 Å². The molecular formula is C16H29N3O. The van der Waals surface area contributed by atoms with Crippen LogP contribution in [0.25, 0.3) is 0 Å². The Hall–Kier alpha value is -0.610. The van der Waals surface area contributed by atoms with Crippen molar-refractivity contribution in [2.45, 2.75) is 63.5 Å². The molecule has 1 unspecified atom stereocenters. The summed E-state index contributed by atoms with van der Waals surface area (Å²) in [5.74, 6) is 0.316. The largest absolute Gasteiger partial charge is 0.340 e. The van der Waals surface area contributed by atoms with E-state index in [1.54, 1.807) is 0 Å². The van der Waals surface area contributed by atoms with E-state index in [-0.39, 0.29) is 0 Å². The van der Waals surface area contributed by atoms with E-state index < -0.39 is 0 Å². The lowest BCUT2D eigenvalue weighted by atomic mass is 10.1. The van der Waals surface area contributed by atoms with Gasteiger partial charge in [-0.15, -0.1) is 0 Å². The fourth-order valence-corrected chi connectivity index (χ4v) is 4.02. The third kappa shape index (κ3) is 3.53. The van der Waals surface area contributed by atoms with Gasteiger partial charge in [0.2, 0.25) is 5.91 Å². The molecule has 0 bridgehead atoms. The Balaban J connectivity index is 1.40. The molecule has 3 fully saturated rings. The highest BCUT2D eigenvalue weighted by Crippen LogP contribution is 2.21. The fraction of sp³-hybridized carbons (Fsp3) is 0.938. The highest BCUT2D eigenvalue weighted by Gasteiger charge is 2.30. The van der Waals surface area contributed by atoms with E-state index in [1.165, 1.54) is 64.5 Å². The van der Waals surface area contributed by atoms with Crippen LogP contribution in [0, 0.1) is 0 Å². The average molecular weight is 279 g/mol. The van der Waals surface area contributed by atoms with Crippen LogP contribution >= 0.6 is 0 Å². The molecule has 3 rings (SSSR count). The van der Waals surface area contributed by atoms with E-state index in [0.29, 0.717) is 24.5 Å². The number of hydrogen-bond acceptors (Lipinski definition) is 3. The molecule has 1 atom stereocenters. The zero-order valence-electron chi connectivity index (χ0n) is 12.6. The highest BCUT2D eigenvalue weighted by molar-refractivity contribution is 5.78. The van der Waals surface area contributed by atoms with E-state index in [2.05, 4.69) is 15.1 Å². The summed E-state index contributed by atoms with van der Waals surface area (Å²) in [7, 11) is 0. The lowest BCUT2D eigenvalue weighted by Crippen LogP contribution is -2.44. The maximum Gasteiger partial charge on any atom is 0.236 e. The Morgan fingerprint density at radius 2 is 1.70 bits per heavy atom. The van der Waals surface area contributed by atoms with Crippen molar-refractivity contribution in [2.24, 2.45) is 0 Å². The van der Waals surface area contributed by atoms with Gasteiger partial charge in [-0.05, 0) is 45.2 Å². The maximum atomic E-state index is 12.3. The van der Waals surface area contributed by atoms with Gasteiger partial charge in [0.1, 0.15) is 0 Å². The number of rotatable bonds is 4. The molecule has 114 valence electrons. The van der Waals surface area contributed by atoms with E-state index in [1.807, 2.05) is 0 Å². The number of piperidine rings is 1. The first-order valence-corrected chi connectivity index (χ1v) is 8.58. The van der Waals surface area contributed by atoms with Gasteiger partial charge >= 0.3 is 0 Å². The van der Waals surface area contributed by atoms with Crippen LogP contribution in [0.1, 0.15) is 51.4 Å². The Kier molecular flexibility index (Phi) is 4.94. The second kappa shape index (κ2) is 6.90. The van der Waals surface area contributed by atoms with Crippen LogP contribution in [0.2, 0.25) is 0 Å². The highest BCUT2D eigenvalue weighted by atomic mass is 16.2. The normalized spacial score (nSPS) is 29.2. The van der Waals surface area contributed by atoms with Crippen LogP contribution in [0.3, 0.4) is 0 Å². The van der Waals surface area contributed by atoms with Gasteiger partial charge in [-0.1, -0.05) is 19.3 Å². The molecule has 0 aromatic heterocycles. The zero-order chi connectivity index (χ0) is 13.8. The van der Waals surface area contributed by atoms with Crippen LogP contribution in [-0.2, 0) is 4.79 Å². The Labute approximate surface area is 122 Å². The molecule has 4 nitrogen and oxygen atoms in total. The summed E-state index contributed by atoms with van der Waals surface area (Å²) in [5.41, 5.74) is 0. The minimum Gasteiger partial charge on any atom is -0.340 e. The van der Waals surface area contributed by atoms with Crippen molar-refractivity contribution in [1.29, 1.82) is 0 Å². The quantitative estimate of drug-likeness (QED) is 0.849. The maximum absolute atomic E-state index is 12.3. The molecule has 1 saturated carbocycles. The summed E-state index contributed by atoms with van der Waals surface area (Å²) in [6.45, 7) is 4.97. The number of amides is 1. The predicted octanol–water partition coefficient (Wildman–Crippen LogP) is 1.61. The van der Waals surface area contributed by atoms with Crippen molar-refractivity contribution in [2.75, 3.05) is 32.7 Å². The second-order valence-electron chi connectivity index (χ2n) is 6.74.